The molecule has 0 bridgehead atoms. The molecule has 0 saturated carbocycles. The first kappa shape index (κ1) is 14.2. The molecule has 3 rings (SSSR count). The van der Waals surface area contributed by atoms with E-state index in [-0.39, 0.29) is 18.0 Å². The summed E-state index contributed by atoms with van der Waals surface area (Å²) in [6.45, 7) is 1.35. The summed E-state index contributed by atoms with van der Waals surface area (Å²) in [5.74, 6) is -0.162. The number of nitrogens with zero attached hydrogens (tertiary/aromatic N) is 2. The van der Waals surface area contributed by atoms with Crippen molar-refractivity contribution in [2.45, 2.75) is 38.3 Å². The van der Waals surface area contributed by atoms with Gasteiger partial charge in [-0.1, -0.05) is 6.42 Å². The van der Waals surface area contributed by atoms with E-state index in [4.69, 9.17) is 5.11 Å². The fourth-order valence-corrected chi connectivity index (χ4v) is 3.62. The predicted octanol–water partition coefficient (Wildman–Crippen LogP) is 1.81. The standard InChI is InChI=1S/C14H17N3O3S/c18-12(19)7-9-3-1-2-5-17(9)8-11-15-10-4-6-21-13(10)14(20)16-11/h4,6,9H,1-3,5,7-8H2,(H,18,19)(H,15,16,20). The second-order valence-corrected chi connectivity index (χ2v) is 6.28. The van der Waals surface area contributed by atoms with Gasteiger partial charge in [-0.25, -0.2) is 4.98 Å². The highest BCUT2D eigenvalue weighted by Crippen LogP contribution is 2.21. The molecule has 7 heteroatoms. The average molecular weight is 307 g/mol. The molecule has 1 aliphatic heterocycles. The molecule has 1 unspecified atom stereocenters. The van der Waals surface area contributed by atoms with Crippen LogP contribution >= 0.6 is 11.3 Å². The van der Waals surface area contributed by atoms with Crippen molar-refractivity contribution in [3.05, 3.63) is 27.6 Å². The van der Waals surface area contributed by atoms with Gasteiger partial charge in [0, 0.05) is 6.04 Å². The molecule has 2 aromatic rings. The van der Waals surface area contributed by atoms with Crippen molar-refractivity contribution in [3.8, 4) is 0 Å². The van der Waals surface area contributed by atoms with Gasteiger partial charge >= 0.3 is 5.97 Å². The van der Waals surface area contributed by atoms with Gasteiger partial charge in [-0.15, -0.1) is 11.3 Å². The minimum atomic E-state index is -0.776. The number of carboxylic acids is 1. The average Bonchev–Trinajstić information content (AvgIpc) is 2.89. The van der Waals surface area contributed by atoms with E-state index < -0.39 is 5.97 Å². The topological polar surface area (TPSA) is 86.3 Å². The quantitative estimate of drug-likeness (QED) is 0.899. The van der Waals surface area contributed by atoms with Gasteiger partial charge in [0.05, 0.1) is 18.5 Å². The van der Waals surface area contributed by atoms with Crippen LogP contribution in [0.3, 0.4) is 0 Å². The van der Waals surface area contributed by atoms with Gasteiger partial charge in [0.15, 0.2) is 0 Å². The van der Waals surface area contributed by atoms with Gasteiger partial charge in [0.25, 0.3) is 5.56 Å². The lowest BCUT2D eigenvalue weighted by Crippen LogP contribution is -2.40. The summed E-state index contributed by atoms with van der Waals surface area (Å²) < 4.78 is 0.638. The molecule has 0 aromatic carbocycles. The smallest absolute Gasteiger partial charge is 0.304 e. The van der Waals surface area contributed by atoms with Gasteiger partial charge in [0.1, 0.15) is 10.5 Å². The van der Waals surface area contributed by atoms with Crippen molar-refractivity contribution >= 4 is 27.5 Å². The number of rotatable bonds is 4. The van der Waals surface area contributed by atoms with Crippen molar-refractivity contribution in [1.29, 1.82) is 0 Å². The maximum atomic E-state index is 12.0. The van der Waals surface area contributed by atoms with Crippen LogP contribution in [0.2, 0.25) is 0 Å². The van der Waals surface area contributed by atoms with E-state index in [0.717, 1.165) is 25.8 Å². The summed E-state index contributed by atoms with van der Waals surface area (Å²) in [6.07, 6.45) is 3.14. The van der Waals surface area contributed by atoms with Crippen LogP contribution in [0.1, 0.15) is 31.5 Å². The minimum absolute atomic E-state index is 0.0275. The number of nitrogens with one attached hydrogen (secondary N) is 1. The first-order valence-electron chi connectivity index (χ1n) is 7.06. The van der Waals surface area contributed by atoms with Crippen molar-refractivity contribution in [1.82, 2.24) is 14.9 Å². The Morgan fingerprint density at radius 3 is 3.19 bits per heavy atom. The first-order chi connectivity index (χ1) is 10.1. The Labute approximate surface area is 125 Å². The molecular formula is C14H17N3O3S. The molecule has 2 N–H and O–H groups in total. The summed E-state index contributed by atoms with van der Waals surface area (Å²) in [7, 11) is 0. The molecule has 1 atom stereocenters. The molecule has 21 heavy (non-hydrogen) atoms. The fourth-order valence-electron chi connectivity index (χ4n) is 2.89. The molecule has 0 amide bonds. The Bertz CT molecular complexity index is 709. The molecule has 6 nitrogen and oxygen atoms in total. The van der Waals surface area contributed by atoms with Crippen molar-refractivity contribution in [2.24, 2.45) is 0 Å². The lowest BCUT2D eigenvalue weighted by atomic mass is 9.99. The van der Waals surface area contributed by atoms with Crippen molar-refractivity contribution in [2.75, 3.05) is 6.54 Å². The third-order valence-corrected chi connectivity index (χ3v) is 4.78. The highest BCUT2D eigenvalue weighted by Gasteiger charge is 2.25. The number of carbonyl (C=O) groups is 1. The molecule has 1 saturated heterocycles. The fraction of sp³-hybridized carbons (Fsp3) is 0.500. The molecule has 0 spiro atoms. The van der Waals surface area contributed by atoms with Crippen LogP contribution in [0.15, 0.2) is 16.2 Å². The van der Waals surface area contributed by atoms with E-state index in [9.17, 15) is 9.59 Å². The highest BCUT2D eigenvalue weighted by molar-refractivity contribution is 7.17. The molecule has 3 heterocycles. The lowest BCUT2D eigenvalue weighted by molar-refractivity contribution is -0.138. The van der Waals surface area contributed by atoms with Crippen LogP contribution in [0.4, 0.5) is 0 Å². The number of aliphatic carboxylic acids is 1. The van der Waals surface area contributed by atoms with Crippen LogP contribution in [-0.4, -0.2) is 38.5 Å². The Morgan fingerprint density at radius 2 is 2.38 bits per heavy atom. The monoisotopic (exact) mass is 307 g/mol. The number of aromatic amines is 1. The van der Waals surface area contributed by atoms with Gasteiger partial charge in [0.2, 0.25) is 0 Å². The molecule has 2 aromatic heterocycles. The number of fused-ring (bicyclic) bond motifs is 1. The maximum absolute atomic E-state index is 12.0. The Balaban J connectivity index is 1.82. The third kappa shape index (κ3) is 3.14. The molecular weight excluding hydrogens is 290 g/mol. The van der Waals surface area contributed by atoms with Gasteiger partial charge in [-0.2, -0.15) is 0 Å². The summed E-state index contributed by atoms with van der Waals surface area (Å²) in [5.41, 5.74) is 0.599. The maximum Gasteiger partial charge on any atom is 0.304 e. The molecule has 112 valence electrons. The van der Waals surface area contributed by atoms with E-state index in [2.05, 4.69) is 14.9 Å². The van der Waals surface area contributed by atoms with Crippen LogP contribution in [0.25, 0.3) is 10.2 Å². The van der Waals surface area contributed by atoms with Crippen LogP contribution in [0.5, 0.6) is 0 Å². The Hall–Kier alpha value is -1.73. The zero-order valence-electron chi connectivity index (χ0n) is 11.5. The van der Waals surface area contributed by atoms with Crippen LogP contribution in [-0.2, 0) is 11.3 Å². The van der Waals surface area contributed by atoms with Gasteiger partial charge in [-0.05, 0) is 30.8 Å². The number of piperidine rings is 1. The van der Waals surface area contributed by atoms with Crippen LogP contribution < -0.4 is 5.56 Å². The second kappa shape index (κ2) is 5.95. The first-order valence-corrected chi connectivity index (χ1v) is 7.93. The zero-order chi connectivity index (χ0) is 14.8. The van der Waals surface area contributed by atoms with E-state index in [1.807, 2.05) is 11.4 Å². The largest absolute Gasteiger partial charge is 0.481 e. The Kier molecular flexibility index (Phi) is 4.03. The SMILES string of the molecule is O=C(O)CC1CCCCN1Cc1nc2ccsc2c(=O)[nH]1. The molecule has 0 aliphatic carbocycles. The molecule has 0 radical (unpaired) electrons. The summed E-state index contributed by atoms with van der Waals surface area (Å²) >= 11 is 1.38. The summed E-state index contributed by atoms with van der Waals surface area (Å²) in [5, 5.41) is 10.9. The van der Waals surface area contributed by atoms with E-state index in [1.54, 1.807) is 0 Å². The second-order valence-electron chi connectivity index (χ2n) is 5.37. The summed E-state index contributed by atoms with van der Waals surface area (Å²) in [4.78, 5) is 32.3. The molecule has 1 fully saturated rings. The zero-order valence-corrected chi connectivity index (χ0v) is 12.4. The number of aromatic nitrogens is 2. The number of hydrogen-bond acceptors (Lipinski definition) is 5. The minimum Gasteiger partial charge on any atom is -0.481 e. The van der Waals surface area contributed by atoms with Gasteiger partial charge in [-0.3, -0.25) is 14.5 Å². The Morgan fingerprint density at radius 1 is 1.52 bits per heavy atom. The number of thiophene rings is 1. The summed E-state index contributed by atoms with van der Waals surface area (Å²) in [6, 6.07) is 1.86. The number of likely N-dealkylation sites (tertiary alicyclic amines) is 1. The lowest BCUT2D eigenvalue weighted by Gasteiger charge is -2.34. The van der Waals surface area contributed by atoms with E-state index >= 15 is 0 Å². The van der Waals surface area contributed by atoms with Gasteiger partial charge < -0.3 is 10.1 Å². The van der Waals surface area contributed by atoms with Crippen molar-refractivity contribution < 1.29 is 9.90 Å². The van der Waals surface area contributed by atoms with E-state index in [0.29, 0.717) is 22.6 Å². The third-order valence-electron chi connectivity index (χ3n) is 3.88. The normalized spacial score (nSPS) is 19.9. The number of carboxylic acid groups (broad SMARTS) is 1. The van der Waals surface area contributed by atoms with Crippen LogP contribution in [0, 0.1) is 0 Å². The predicted molar refractivity (Wildman–Crippen MR) is 80.5 cm³/mol. The number of hydrogen-bond donors (Lipinski definition) is 2. The van der Waals surface area contributed by atoms with E-state index in [1.165, 1.54) is 11.3 Å². The van der Waals surface area contributed by atoms with Crippen molar-refractivity contribution in [3.63, 3.8) is 0 Å². The number of H-pyrrole nitrogens is 1. The molecule has 1 aliphatic rings. The highest BCUT2D eigenvalue weighted by atomic mass is 32.1.